The first-order valence-corrected chi connectivity index (χ1v) is 10.2. The van der Waals surface area contributed by atoms with Gasteiger partial charge in [0.05, 0.1) is 16.6 Å². The number of benzene rings is 3. The van der Waals surface area contributed by atoms with Crippen LogP contribution in [0.25, 0.3) is 22.4 Å². The molecule has 0 aliphatic carbocycles. The molecule has 1 amide bonds. The largest absolute Gasteiger partial charge is 0.478 e. The summed E-state index contributed by atoms with van der Waals surface area (Å²) < 4.78 is 16.6. The van der Waals surface area contributed by atoms with Crippen molar-refractivity contribution < 1.29 is 19.1 Å². The summed E-state index contributed by atoms with van der Waals surface area (Å²) in [4.78, 5) is 29.3. The van der Waals surface area contributed by atoms with Crippen LogP contribution >= 0.6 is 0 Å². The zero-order valence-electron chi connectivity index (χ0n) is 17.6. The number of rotatable bonds is 6. The molecule has 1 aromatic heterocycles. The van der Waals surface area contributed by atoms with Gasteiger partial charge >= 0.3 is 5.97 Å². The Labute approximate surface area is 184 Å². The summed E-state index contributed by atoms with van der Waals surface area (Å²) in [5.41, 5.74) is 2.28. The normalized spacial score (nSPS) is 12.1. The van der Waals surface area contributed by atoms with Crippen molar-refractivity contribution in [2.24, 2.45) is 0 Å². The topological polar surface area (TPSA) is 84.2 Å². The van der Waals surface area contributed by atoms with Crippen LogP contribution in [0.15, 0.2) is 72.8 Å². The highest BCUT2D eigenvalue weighted by molar-refractivity contribution is 5.90. The van der Waals surface area contributed by atoms with Crippen molar-refractivity contribution >= 4 is 22.9 Å². The predicted molar refractivity (Wildman–Crippen MR) is 120 cm³/mol. The molecule has 0 aliphatic heterocycles. The molecule has 3 aromatic carbocycles. The number of fused-ring (bicyclic) bond motifs is 1. The maximum atomic E-state index is 14.9. The van der Waals surface area contributed by atoms with Crippen LogP contribution < -0.4 is 5.32 Å². The first-order chi connectivity index (χ1) is 15.4. The lowest BCUT2D eigenvalue weighted by Gasteiger charge is -2.23. The summed E-state index contributed by atoms with van der Waals surface area (Å²) >= 11 is 0. The fourth-order valence-electron chi connectivity index (χ4n) is 3.73. The smallest absolute Gasteiger partial charge is 0.335 e. The maximum Gasteiger partial charge on any atom is 0.335 e. The number of para-hydroxylation sites is 2. The van der Waals surface area contributed by atoms with Crippen LogP contribution in [0.1, 0.15) is 35.8 Å². The Hall–Kier alpha value is -4.00. The Kier molecular flexibility index (Phi) is 5.73. The number of carboxylic acid groups (broad SMARTS) is 1. The number of nitrogens with zero attached hydrogens (tertiary/aromatic N) is 2. The molecule has 1 atom stereocenters. The maximum absolute atomic E-state index is 14.9. The van der Waals surface area contributed by atoms with Gasteiger partial charge in [0, 0.05) is 17.2 Å². The molecule has 2 N–H and O–H groups in total. The first kappa shape index (κ1) is 21.2. The zero-order valence-corrected chi connectivity index (χ0v) is 17.6. The van der Waals surface area contributed by atoms with Crippen LogP contribution in [0, 0.1) is 5.82 Å². The average molecular weight is 431 g/mol. The number of aromatic carboxylic acids is 1. The van der Waals surface area contributed by atoms with Gasteiger partial charge in [-0.15, -0.1) is 0 Å². The van der Waals surface area contributed by atoms with E-state index < -0.39 is 17.8 Å². The molecule has 4 rings (SSSR count). The first-order valence-electron chi connectivity index (χ1n) is 10.2. The Morgan fingerprint density at radius 2 is 1.62 bits per heavy atom. The number of nitrogens with one attached hydrogen (secondary N) is 1. The van der Waals surface area contributed by atoms with Gasteiger partial charge in [-0.3, -0.25) is 4.79 Å². The minimum atomic E-state index is -1.04. The lowest BCUT2D eigenvalue weighted by atomic mass is 10.0. The highest BCUT2D eigenvalue weighted by Gasteiger charge is 2.30. The van der Waals surface area contributed by atoms with E-state index in [1.54, 1.807) is 34.9 Å². The van der Waals surface area contributed by atoms with E-state index in [1.807, 2.05) is 38.1 Å². The monoisotopic (exact) mass is 431 g/mol. The molecule has 32 heavy (non-hydrogen) atoms. The Balaban J connectivity index is 1.99. The van der Waals surface area contributed by atoms with Gasteiger partial charge < -0.3 is 15.0 Å². The fourth-order valence-corrected chi connectivity index (χ4v) is 3.73. The predicted octanol–water partition coefficient (Wildman–Crippen LogP) is 4.65. The highest BCUT2D eigenvalue weighted by Crippen LogP contribution is 2.33. The number of halogens is 1. The van der Waals surface area contributed by atoms with Crippen molar-refractivity contribution in [1.29, 1.82) is 0 Å². The van der Waals surface area contributed by atoms with Crippen LogP contribution in [0.3, 0.4) is 0 Å². The van der Waals surface area contributed by atoms with E-state index >= 15 is 0 Å². The van der Waals surface area contributed by atoms with Crippen LogP contribution in [0.5, 0.6) is 0 Å². The van der Waals surface area contributed by atoms with E-state index in [0.29, 0.717) is 22.4 Å². The summed E-state index contributed by atoms with van der Waals surface area (Å²) in [6.07, 6.45) is 0. The molecule has 1 unspecified atom stereocenters. The molecule has 0 saturated heterocycles. The van der Waals surface area contributed by atoms with E-state index in [0.717, 1.165) is 0 Å². The van der Waals surface area contributed by atoms with Gasteiger partial charge in [0.25, 0.3) is 0 Å². The number of hydrogen-bond donors (Lipinski definition) is 2. The summed E-state index contributed by atoms with van der Waals surface area (Å²) in [7, 11) is 0. The van der Waals surface area contributed by atoms with Crippen molar-refractivity contribution in [2.75, 3.05) is 0 Å². The van der Waals surface area contributed by atoms with Gasteiger partial charge in [-0.2, -0.15) is 0 Å². The lowest BCUT2D eigenvalue weighted by Crippen LogP contribution is -2.38. The van der Waals surface area contributed by atoms with E-state index in [2.05, 4.69) is 5.32 Å². The highest BCUT2D eigenvalue weighted by atomic mass is 19.1. The van der Waals surface area contributed by atoms with Crippen molar-refractivity contribution in [1.82, 2.24) is 14.9 Å². The number of aromatic nitrogens is 2. The van der Waals surface area contributed by atoms with E-state index in [-0.39, 0.29) is 23.1 Å². The third kappa shape index (κ3) is 3.97. The third-order valence-electron chi connectivity index (χ3n) is 5.12. The molecule has 1 heterocycles. The zero-order chi connectivity index (χ0) is 22.8. The van der Waals surface area contributed by atoms with Gasteiger partial charge in [-0.05, 0) is 44.2 Å². The van der Waals surface area contributed by atoms with Crippen LogP contribution in [-0.4, -0.2) is 32.6 Å². The van der Waals surface area contributed by atoms with Gasteiger partial charge in [0.15, 0.2) is 0 Å². The second-order valence-corrected chi connectivity index (χ2v) is 7.76. The minimum absolute atomic E-state index is 0.139. The Morgan fingerprint density at radius 1 is 0.969 bits per heavy atom. The van der Waals surface area contributed by atoms with E-state index in [1.165, 1.54) is 18.2 Å². The van der Waals surface area contributed by atoms with Crippen LogP contribution in [0.2, 0.25) is 0 Å². The van der Waals surface area contributed by atoms with Crippen molar-refractivity contribution in [3.63, 3.8) is 0 Å². The molecule has 162 valence electrons. The third-order valence-corrected chi connectivity index (χ3v) is 5.12. The SMILES string of the molecule is CC(C)NC(=O)C(c1ccccc1F)n1c(-c2ccc(C(=O)O)cc2)nc2ccccc21. The Morgan fingerprint density at radius 3 is 2.28 bits per heavy atom. The van der Waals surface area contributed by atoms with Crippen LogP contribution in [0.4, 0.5) is 4.39 Å². The van der Waals surface area contributed by atoms with Crippen molar-refractivity contribution in [3.8, 4) is 11.4 Å². The number of amides is 1. The fraction of sp³-hybridized carbons (Fsp3) is 0.160. The average Bonchev–Trinajstić information content (AvgIpc) is 3.14. The molecule has 0 spiro atoms. The van der Waals surface area contributed by atoms with Crippen LogP contribution in [-0.2, 0) is 4.79 Å². The molecule has 0 aliphatic rings. The van der Waals surface area contributed by atoms with Crippen molar-refractivity contribution in [3.05, 3.63) is 89.7 Å². The molecule has 0 saturated carbocycles. The summed E-state index contributed by atoms with van der Waals surface area (Å²) in [6, 6.07) is 18.6. The molecular weight excluding hydrogens is 409 g/mol. The quantitative estimate of drug-likeness (QED) is 0.465. The lowest BCUT2D eigenvalue weighted by molar-refractivity contribution is -0.123. The van der Waals surface area contributed by atoms with E-state index in [4.69, 9.17) is 4.98 Å². The molecule has 0 radical (unpaired) electrons. The molecule has 0 fully saturated rings. The van der Waals surface area contributed by atoms with Crippen molar-refractivity contribution in [2.45, 2.75) is 25.9 Å². The molecule has 7 heteroatoms. The Bertz CT molecular complexity index is 1300. The number of carbonyl (C=O) groups is 2. The number of carboxylic acids is 1. The number of hydrogen-bond acceptors (Lipinski definition) is 3. The second-order valence-electron chi connectivity index (χ2n) is 7.76. The molecular formula is C25H22FN3O3. The number of imidazole rings is 1. The summed E-state index contributed by atoms with van der Waals surface area (Å²) in [6.45, 7) is 3.68. The van der Waals surface area contributed by atoms with Gasteiger partial charge in [-0.25, -0.2) is 14.2 Å². The van der Waals surface area contributed by atoms with Gasteiger partial charge in [0.1, 0.15) is 17.7 Å². The van der Waals surface area contributed by atoms with Gasteiger partial charge in [-0.1, -0.05) is 42.5 Å². The second kappa shape index (κ2) is 8.63. The molecule has 0 bridgehead atoms. The van der Waals surface area contributed by atoms with E-state index in [9.17, 15) is 19.1 Å². The standard InChI is InChI=1S/C25H22FN3O3/c1-15(2)27-24(30)22(18-7-3-4-8-19(18)26)29-21-10-6-5-9-20(21)28-23(29)16-11-13-17(14-12-16)25(31)32/h3-15,22H,1-2H3,(H,27,30)(H,31,32). The number of carbonyl (C=O) groups excluding carboxylic acids is 1. The minimum Gasteiger partial charge on any atom is -0.478 e. The summed E-state index contributed by atoms with van der Waals surface area (Å²) in [5.74, 6) is -1.46. The van der Waals surface area contributed by atoms with Gasteiger partial charge in [0.2, 0.25) is 5.91 Å². The molecule has 6 nitrogen and oxygen atoms in total. The summed E-state index contributed by atoms with van der Waals surface area (Å²) in [5, 5.41) is 12.1. The molecule has 4 aromatic rings.